The third-order valence-corrected chi connectivity index (χ3v) is 1.63. The molecule has 0 fully saturated rings. The van der Waals surface area contributed by atoms with E-state index in [1.807, 2.05) is 6.92 Å². The van der Waals surface area contributed by atoms with Gasteiger partial charge in [-0.2, -0.15) is 0 Å². The molecule has 1 aromatic rings. The van der Waals surface area contributed by atoms with Gasteiger partial charge < -0.3 is 10.1 Å². The number of aromatic nitrogens is 2. The van der Waals surface area contributed by atoms with E-state index in [0.717, 1.165) is 0 Å². The van der Waals surface area contributed by atoms with Crippen LogP contribution in [0.2, 0.25) is 5.15 Å². The van der Waals surface area contributed by atoms with Crippen molar-refractivity contribution in [1.82, 2.24) is 9.97 Å². The van der Waals surface area contributed by atoms with Gasteiger partial charge in [-0.1, -0.05) is 11.6 Å². The Morgan fingerprint density at radius 1 is 1.54 bits per heavy atom. The molecule has 0 amide bonds. The molecule has 0 radical (unpaired) electrons. The summed E-state index contributed by atoms with van der Waals surface area (Å²) in [5.41, 5.74) is 0. The van der Waals surface area contributed by atoms with Gasteiger partial charge in [0.05, 0.1) is 19.0 Å². The Hall–Kier alpha value is -0.870. The summed E-state index contributed by atoms with van der Waals surface area (Å²) in [4.78, 5) is 7.93. The Morgan fingerprint density at radius 2 is 2.31 bits per heavy atom. The van der Waals surface area contributed by atoms with Gasteiger partial charge in [0, 0.05) is 13.2 Å². The molecule has 1 heterocycles. The Morgan fingerprint density at radius 3 is 2.85 bits per heavy atom. The maximum Gasteiger partial charge on any atom is 0.147 e. The second-order valence-corrected chi connectivity index (χ2v) is 3.11. The van der Waals surface area contributed by atoms with Crippen molar-refractivity contribution in [2.45, 2.75) is 13.0 Å². The fourth-order valence-electron chi connectivity index (χ4n) is 0.931. The molecule has 0 saturated heterocycles. The summed E-state index contributed by atoms with van der Waals surface area (Å²) in [7, 11) is 1.66. The van der Waals surface area contributed by atoms with Crippen LogP contribution >= 0.6 is 11.6 Å². The van der Waals surface area contributed by atoms with Crippen LogP contribution in [-0.4, -0.2) is 29.7 Å². The molecule has 4 nitrogen and oxygen atoms in total. The normalized spacial score (nSPS) is 12.5. The van der Waals surface area contributed by atoms with Crippen LogP contribution in [0.4, 0.5) is 5.82 Å². The maximum atomic E-state index is 5.58. The average molecular weight is 202 g/mol. The van der Waals surface area contributed by atoms with Crippen LogP contribution < -0.4 is 5.32 Å². The number of nitrogens with zero attached hydrogens (tertiary/aromatic N) is 2. The first kappa shape index (κ1) is 10.2. The lowest BCUT2D eigenvalue weighted by atomic mass is 10.3. The summed E-state index contributed by atoms with van der Waals surface area (Å²) >= 11 is 5.58. The second kappa shape index (κ2) is 4.99. The topological polar surface area (TPSA) is 47.0 Å². The van der Waals surface area contributed by atoms with Gasteiger partial charge in [-0.05, 0) is 6.92 Å². The Balaban J connectivity index is 2.49. The average Bonchev–Trinajstić information content (AvgIpc) is 2.09. The molecular formula is C8H12ClN3O. The zero-order chi connectivity index (χ0) is 9.68. The Kier molecular flexibility index (Phi) is 3.92. The number of halogens is 1. The highest BCUT2D eigenvalue weighted by Crippen LogP contribution is 2.06. The van der Waals surface area contributed by atoms with Gasteiger partial charge in [-0.3, -0.25) is 0 Å². The van der Waals surface area contributed by atoms with Crippen LogP contribution in [0.1, 0.15) is 6.92 Å². The molecule has 0 aliphatic heterocycles. The molecule has 0 aliphatic carbocycles. The smallest absolute Gasteiger partial charge is 0.147 e. The van der Waals surface area contributed by atoms with Crippen LogP contribution in [0.3, 0.4) is 0 Å². The number of ether oxygens (including phenoxy) is 1. The minimum absolute atomic E-state index is 0.209. The summed E-state index contributed by atoms with van der Waals surface area (Å²) in [5, 5.41) is 3.51. The molecule has 0 saturated carbocycles. The number of rotatable bonds is 4. The Labute approximate surface area is 82.3 Å². The summed E-state index contributed by atoms with van der Waals surface area (Å²) in [6.45, 7) is 2.63. The highest BCUT2D eigenvalue weighted by molar-refractivity contribution is 6.29. The molecule has 0 spiro atoms. The molecule has 13 heavy (non-hydrogen) atoms. The van der Waals surface area contributed by atoms with Gasteiger partial charge >= 0.3 is 0 Å². The van der Waals surface area contributed by atoms with Crippen molar-refractivity contribution in [2.24, 2.45) is 0 Å². The van der Waals surface area contributed by atoms with Crippen molar-refractivity contribution in [3.8, 4) is 0 Å². The molecule has 1 rings (SSSR count). The van der Waals surface area contributed by atoms with E-state index in [1.165, 1.54) is 6.20 Å². The van der Waals surface area contributed by atoms with Crippen molar-refractivity contribution in [1.29, 1.82) is 0 Å². The molecule has 5 heteroatoms. The SMILES string of the molecule is COCC(C)Nc1cnc(Cl)cn1. The minimum Gasteiger partial charge on any atom is -0.383 e. The molecule has 0 aromatic carbocycles. The minimum atomic E-state index is 0.209. The lowest BCUT2D eigenvalue weighted by molar-refractivity contribution is 0.190. The van der Waals surface area contributed by atoms with Crippen molar-refractivity contribution < 1.29 is 4.74 Å². The van der Waals surface area contributed by atoms with E-state index in [1.54, 1.807) is 13.3 Å². The van der Waals surface area contributed by atoms with Gasteiger partial charge in [0.1, 0.15) is 11.0 Å². The predicted molar refractivity (Wildman–Crippen MR) is 52.0 cm³/mol. The van der Waals surface area contributed by atoms with Crippen molar-refractivity contribution in [3.63, 3.8) is 0 Å². The highest BCUT2D eigenvalue weighted by atomic mass is 35.5. The standard InChI is InChI=1S/C8H12ClN3O/c1-6(5-13-2)12-8-4-10-7(9)3-11-8/h3-4,6H,5H2,1-2H3,(H,11,12). The zero-order valence-electron chi connectivity index (χ0n) is 7.62. The quantitative estimate of drug-likeness (QED) is 0.804. The van der Waals surface area contributed by atoms with Gasteiger partial charge in [-0.15, -0.1) is 0 Å². The van der Waals surface area contributed by atoms with Gasteiger partial charge in [0.25, 0.3) is 0 Å². The van der Waals surface area contributed by atoms with E-state index in [9.17, 15) is 0 Å². The largest absolute Gasteiger partial charge is 0.383 e. The molecule has 1 N–H and O–H groups in total. The first-order valence-corrected chi connectivity index (χ1v) is 4.33. The van der Waals surface area contributed by atoms with Gasteiger partial charge in [0.15, 0.2) is 0 Å². The number of methoxy groups -OCH3 is 1. The molecule has 1 atom stereocenters. The van der Waals surface area contributed by atoms with Crippen molar-refractivity contribution in [2.75, 3.05) is 19.0 Å². The fourth-order valence-corrected chi connectivity index (χ4v) is 1.03. The number of hydrogen-bond acceptors (Lipinski definition) is 4. The first-order chi connectivity index (χ1) is 6.22. The van der Waals surface area contributed by atoms with Crippen LogP contribution in [0.5, 0.6) is 0 Å². The third-order valence-electron chi connectivity index (χ3n) is 1.43. The third kappa shape index (κ3) is 3.57. The van der Waals surface area contributed by atoms with E-state index in [-0.39, 0.29) is 6.04 Å². The van der Waals surface area contributed by atoms with E-state index in [4.69, 9.17) is 16.3 Å². The fraction of sp³-hybridized carbons (Fsp3) is 0.500. The van der Waals surface area contributed by atoms with E-state index in [2.05, 4.69) is 15.3 Å². The molecular weight excluding hydrogens is 190 g/mol. The molecule has 72 valence electrons. The lowest BCUT2D eigenvalue weighted by Gasteiger charge is -2.12. The van der Waals surface area contributed by atoms with E-state index in [0.29, 0.717) is 17.6 Å². The highest BCUT2D eigenvalue weighted by Gasteiger charge is 2.01. The molecule has 0 bridgehead atoms. The lowest BCUT2D eigenvalue weighted by Crippen LogP contribution is -2.21. The van der Waals surface area contributed by atoms with Crippen LogP contribution in [-0.2, 0) is 4.74 Å². The van der Waals surface area contributed by atoms with Gasteiger partial charge in [0.2, 0.25) is 0 Å². The molecule has 1 unspecified atom stereocenters. The maximum absolute atomic E-state index is 5.58. The molecule has 0 aliphatic rings. The Bertz CT molecular complexity index is 252. The predicted octanol–water partition coefficient (Wildman–Crippen LogP) is 1.58. The number of nitrogens with one attached hydrogen (secondary N) is 1. The van der Waals surface area contributed by atoms with Crippen molar-refractivity contribution in [3.05, 3.63) is 17.5 Å². The van der Waals surface area contributed by atoms with Gasteiger partial charge in [-0.25, -0.2) is 9.97 Å². The molecule has 1 aromatic heterocycles. The monoisotopic (exact) mass is 201 g/mol. The zero-order valence-corrected chi connectivity index (χ0v) is 8.38. The summed E-state index contributed by atoms with van der Waals surface area (Å²) in [6.07, 6.45) is 3.10. The number of hydrogen-bond donors (Lipinski definition) is 1. The van der Waals surface area contributed by atoms with Crippen LogP contribution in [0, 0.1) is 0 Å². The summed E-state index contributed by atoms with van der Waals surface area (Å²) in [6, 6.07) is 0.209. The summed E-state index contributed by atoms with van der Waals surface area (Å²) < 4.78 is 4.96. The van der Waals surface area contributed by atoms with E-state index < -0.39 is 0 Å². The summed E-state index contributed by atoms with van der Waals surface area (Å²) in [5.74, 6) is 0.703. The number of anilines is 1. The van der Waals surface area contributed by atoms with E-state index >= 15 is 0 Å². The van der Waals surface area contributed by atoms with Crippen molar-refractivity contribution >= 4 is 17.4 Å². The van der Waals surface area contributed by atoms with Crippen LogP contribution in [0.15, 0.2) is 12.4 Å². The second-order valence-electron chi connectivity index (χ2n) is 2.73. The van der Waals surface area contributed by atoms with Crippen LogP contribution in [0.25, 0.3) is 0 Å². The first-order valence-electron chi connectivity index (χ1n) is 3.95.